The number of nitrogens with zero attached hydrogens (tertiary/aromatic N) is 2. The van der Waals surface area contributed by atoms with Gasteiger partial charge in [0.25, 0.3) is 5.91 Å². The van der Waals surface area contributed by atoms with Crippen molar-refractivity contribution in [3.63, 3.8) is 0 Å². The van der Waals surface area contributed by atoms with Gasteiger partial charge in [-0.25, -0.2) is 4.68 Å². The second-order valence-electron chi connectivity index (χ2n) is 2.44. The molecule has 0 aliphatic carbocycles. The van der Waals surface area contributed by atoms with Gasteiger partial charge in [0, 0.05) is 6.20 Å². The average Bonchev–Trinajstić information content (AvgIpc) is 2.31. The fraction of sp³-hybridized carbons (Fsp3) is 0.429. The highest BCUT2D eigenvalue weighted by Gasteiger charge is 2.04. The van der Waals surface area contributed by atoms with Crippen LogP contribution in [0.1, 0.15) is 16.1 Å². The maximum absolute atomic E-state index is 11.0. The second-order valence-corrected chi connectivity index (χ2v) is 2.44. The van der Waals surface area contributed by atoms with E-state index >= 15 is 0 Å². The molecule has 1 aromatic heterocycles. The van der Waals surface area contributed by atoms with Crippen LogP contribution in [0.25, 0.3) is 0 Å². The van der Waals surface area contributed by atoms with Crippen LogP contribution in [0.5, 0.6) is 0 Å². The summed E-state index contributed by atoms with van der Waals surface area (Å²) in [7, 11) is 0. The SMILES string of the molecule is Cc1cn(C(=O)CN)nc1C. The van der Waals surface area contributed by atoms with E-state index in [9.17, 15) is 4.79 Å². The zero-order valence-electron chi connectivity index (χ0n) is 6.66. The summed E-state index contributed by atoms with van der Waals surface area (Å²) in [5.74, 6) is -0.179. The Morgan fingerprint density at radius 1 is 1.73 bits per heavy atom. The van der Waals surface area contributed by atoms with E-state index in [0.717, 1.165) is 11.3 Å². The van der Waals surface area contributed by atoms with Gasteiger partial charge in [-0.15, -0.1) is 0 Å². The van der Waals surface area contributed by atoms with Gasteiger partial charge in [0.2, 0.25) is 0 Å². The molecular formula is C7H11N3O. The lowest BCUT2D eigenvalue weighted by molar-refractivity contribution is 0.0907. The Kier molecular flexibility index (Phi) is 2.05. The number of aryl methyl sites for hydroxylation is 2. The lowest BCUT2D eigenvalue weighted by Gasteiger charge is -1.93. The molecule has 1 rings (SSSR count). The fourth-order valence-corrected chi connectivity index (χ4v) is 0.767. The summed E-state index contributed by atoms with van der Waals surface area (Å²) in [4.78, 5) is 11.0. The minimum atomic E-state index is -0.179. The molecule has 60 valence electrons. The van der Waals surface area contributed by atoms with Gasteiger partial charge in [-0.05, 0) is 19.4 Å². The molecule has 0 aromatic carbocycles. The van der Waals surface area contributed by atoms with E-state index in [4.69, 9.17) is 5.73 Å². The molecule has 0 saturated heterocycles. The highest BCUT2D eigenvalue weighted by atomic mass is 16.2. The van der Waals surface area contributed by atoms with Crippen molar-refractivity contribution in [2.45, 2.75) is 13.8 Å². The standard InChI is InChI=1S/C7H11N3O/c1-5-4-10(7(11)3-8)9-6(5)2/h4H,3,8H2,1-2H3. The Balaban J connectivity index is 2.97. The number of aromatic nitrogens is 2. The van der Waals surface area contributed by atoms with E-state index in [2.05, 4.69) is 5.10 Å². The maximum atomic E-state index is 11.0. The molecule has 0 saturated carbocycles. The first kappa shape index (κ1) is 7.94. The lowest BCUT2D eigenvalue weighted by atomic mass is 10.3. The minimum absolute atomic E-state index is 0.000556. The highest BCUT2D eigenvalue weighted by molar-refractivity contribution is 5.79. The lowest BCUT2D eigenvalue weighted by Crippen LogP contribution is -2.21. The monoisotopic (exact) mass is 153 g/mol. The predicted octanol–water partition coefficient (Wildman–Crippen LogP) is 0.0988. The molecule has 0 fully saturated rings. The predicted molar refractivity (Wildman–Crippen MR) is 41.4 cm³/mol. The van der Waals surface area contributed by atoms with E-state index in [-0.39, 0.29) is 12.5 Å². The Morgan fingerprint density at radius 2 is 2.36 bits per heavy atom. The summed E-state index contributed by atoms with van der Waals surface area (Å²) >= 11 is 0. The van der Waals surface area contributed by atoms with Gasteiger partial charge in [-0.1, -0.05) is 0 Å². The van der Waals surface area contributed by atoms with E-state index < -0.39 is 0 Å². The van der Waals surface area contributed by atoms with Crippen LogP contribution < -0.4 is 5.73 Å². The van der Waals surface area contributed by atoms with Crippen molar-refractivity contribution in [1.29, 1.82) is 0 Å². The van der Waals surface area contributed by atoms with E-state index in [1.165, 1.54) is 4.68 Å². The molecule has 4 nitrogen and oxygen atoms in total. The van der Waals surface area contributed by atoms with E-state index in [1.54, 1.807) is 6.20 Å². The molecule has 4 heteroatoms. The van der Waals surface area contributed by atoms with Gasteiger partial charge in [0.15, 0.2) is 0 Å². The largest absolute Gasteiger partial charge is 0.322 e. The zero-order chi connectivity index (χ0) is 8.43. The summed E-state index contributed by atoms with van der Waals surface area (Å²) in [5.41, 5.74) is 7.03. The Labute approximate surface area is 65.0 Å². The first-order valence-corrected chi connectivity index (χ1v) is 3.41. The van der Waals surface area contributed by atoms with Crippen LogP contribution in [0.4, 0.5) is 0 Å². The van der Waals surface area contributed by atoms with Crippen molar-refractivity contribution >= 4 is 5.91 Å². The molecule has 0 atom stereocenters. The molecular weight excluding hydrogens is 142 g/mol. The third-order valence-corrected chi connectivity index (χ3v) is 1.57. The van der Waals surface area contributed by atoms with Gasteiger partial charge in [0.1, 0.15) is 0 Å². The molecule has 0 unspecified atom stereocenters. The maximum Gasteiger partial charge on any atom is 0.260 e. The molecule has 0 spiro atoms. The van der Waals surface area contributed by atoms with Crippen LogP contribution in [0.2, 0.25) is 0 Å². The molecule has 11 heavy (non-hydrogen) atoms. The molecule has 0 bridgehead atoms. The van der Waals surface area contributed by atoms with Gasteiger partial charge in [0.05, 0.1) is 12.2 Å². The van der Waals surface area contributed by atoms with Crippen molar-refractivity contribution in [3.8, 4) is 0 Å². The van der Waals surface area contributed by atoms with Crippen LogP contribution in [0.3, 0.4) is 0 Å². The number of rotatable bonds is 1. The Hall–Kier alpha value is -1.16. The molecule has 0 aliphatic rings. The first-order valence-electron chi connectivity index (χ1n) is 3.41. The van der Waals surface area contributed by atoms with Crippen LogP contribution in [-0.2, 0) is 0 Å². The molecule has 0 radical (unpaired) electrons. The van der Waals surface area contributed by atoms with Crippen molar-refractivity contribution < 1.29 is 4.79 Å². The molecule has 0 amide bonds. The molecule has 1 aromatic rings. The summed E-state index contributed by atoms with van der Waals surface area (Å²) < 4.78 is 1.28. The Bertz CT molecular complexity index is 258. The second kappa shape index (κ2) is 2.84. The van der Waals surface area contributed by atoms with E-state index in [1.807, 2.05) is 13.8 Å². The topological polar surface area (TPSA) is 60.9 Å². The fourth-order valence-electron chi connectivity index (χ4n) is 0.767. The zero-order valence-corrected chi connectivity index (χ0v) is 6.66. The number of hydrogen-bond acceptors (Lipinski definition) is 3. The number of carbonyl (C=O) groups is 1. The van der Waals surface area contributed by atoms with Crippen molar-refractivity contribution in [3.05, 3.63) is 17.5 Å². The number of carbonyl (C=O) groups excluding carboxylic acids is 1. The summed E-state index contributed by atoms with van der Waals surface area (Å²) in [6.45, 7) is 3.76. The number of nitrogens with two attached hydrogens (primary N) is 1. The summed E-state index contributed by atoms with van der Waals surface area (Å²) in [5, 5.41) is 3.97. The smallest absolute Gasteiger partial charge is 0.260 e. The highest BCUT2D eigenvalue weighted by Crippen LogP contribution is 2.01. The van der Waals surface area contributed by atoms with Gasteiger partial charge < -0.3 is 5.73 Å². The van der Waals surface area contributed by atoms with Crippen molar-refractivity contribution in [1.82, 2.24) is 9.78 Å². The van der Waals surface area contributed by atoms with Crippen molar-refractivity contribution in [2.75, 3.05) is 6.54 Å². The van der Waals surface area contributed by atoms with Gasteiger partial charge in [-0.3, -0.25) is 4.79 Å². The molecule has 0 aliphatic heterocycles. The van der Waals surface area contributed by atoms with Crippen LogP contribution >= 0.6 is 0 Å². The number of hydrogen-bond donors (Lipinski definition) is 1. The molecule has 1 heterocycles. The van der Waals surface area contributed by atoms with Crippen LogP contribution in [0, 0.1) is 13.8 Å². The Morgan fingerprint density at radius 3 is 2.73 bits per heavy atom. The van der Waals surface area contributed by atoms with Crippen LogP contribution in [-0.4, -0.2) is 22.2 Å². The van der Waals surface area contributed by atoms with E-state index in [0.29, 0.717) is 0 Å². The first-order chi connectivity index (χ1) is 5.15. The van der Waals surface area contributed by atoms with Crippen LogP contribution in [0.15, 0.2) is 6.20 Å². The van der Waals surface area contributed by atoms with Gasteiger partial charge >= 0.3 is 0 Å². The normalized spacial score (nSPS) is 10.1. The van der Waals surface area contributed by atoms with Crippen molar-refractivity contribution in [2.24, 2.45) is 5.73 Å². The average molecular weight is 153 g/mol. The summed E-state index contributed by atoms with van der Waals surface area (Å²) in [6.07, 6.45) is 1.69. The van der Waals surface area contributed by atoms with Gasteiger partial charge in [-0.2, -0.15) is 5.10 Å². The quantitative estimate of drug-likeness (QED) is 0.622. The third kappa shape index (κ3) is 1.46. The summed E-state index contributed by atoms with van der Waals surface area (Å²) in [6, 6.07) is 0. The molecule has 2 N–H and O–H groups in total. The minimum Gasteiger partial charge on any atom is -0.322 e. The third-order valence-electron chi connectivity index (χ3n) is 1.57.